The molecule has 1 aromatic rings. The van der Waals surface area contributed by atoms with Gasteiger partial charge in [0.25, 0.3) is 5.91 Å². The molecule has 0 fully saturated rings. The summed E-state index contributed by atoms with van der Waals surface area (Å²) in [5, 5.41) is 0. The molecule has 0 N–H and O–H groups in total. The van der Waals surface area contributed by atoms with Gasteiger partial charge in [-0.05, 0) is 18.6 Å². The number of nitrogens with zero attached hydrogens (tertiary/aromatic N) is 1. The minimum atomic E-state index is -0.286. The van der Waals surface area contributed by atoms with Crippen molar-refractivity contribution in [2.24, 2.45) is 0 Å². The molecular formula is C15H21NO5. The highest BCUT2D eigenvalue weighted by Crippen LogP contribution is 2.29. The van der Waals surface area contributed by atoms with Gasteiger partial charge in [0, 0.05) is 20.0 Å². The number of hydrogen-bond acceptors (Lipinski definition) is 5. The Bertz CT molecular complexity index is 479. The molecule has 21 heavy (non-hydrogen) atoms. The Morgan fingerprint density at radius 1 is 1.10 bits per heavy atom. The van der Waals surface area contributed by atoms with Crippen molar-refractivity contribution in [1.29, 1.82) is 0 Å². The summed E-state index contributed by atoms with van der Waals surface area (Å²) >= 11 is 0. The van der Waals surface area contributed by atoms with Crippen LogP contribution >= 0.6 is 0 Å². The van der Waals surface area contributed by atoms with Crippen LogP contribution < -0.4 is 9.47 Å². The highest BCUT2D eigenvalue weighted by Gasteiger charge is 2.21. The van der Waals surface area contributed by atoms with Crippen LogP contribution in [0.2, 0.25) is 0 Å². The van der Waals surface area contributed by atoms with E-state index >= 15 is 0 Å². The van der Waals surface area contributed by atoms with Crippen LogP contribution in [0, 0.1) is 0 Å². The van der Waals surface area contributed by atoms with Gasteiger partial charge in [0.1, 0.15) is 17.1 Å². The molecule has 0 spiro atoms. The number of esters is 1. The van der Waals surface area contributed by atoms with Gasteiger partial charge in [-0.25, -0.2) is 0 Å². The lowest BCUT2D eigenvalue weighted by Gasteiger charge is -2.20. The third-order valence-electron chi connectivity index (χ3n) is 3.09. The second-order valence-corrected chi connectivity index (χ2v) is 4.44. The first-order valence-corrected chi connectivity index (χ1v) is 6.58. The maximum Gasteiger partial charge on any atom is 0.305 e. The third-order valence-corrected chi connectivity index (χ3v) is 3.09. The van der Waals surface area contributed by atoms with Gasteiger partial charge in [0.05, 0.1) is 21.3 Å². The topological polar surface area (TPSA) is 65.1 Å². The molecule has 1 amide bonds. The average Bonchev–Trinajstić information content (AvgIpc) is 2.52. The van der Waals surface area contributed by atoms with Crippen molar-refractivity contribution in [3.8, 4) is 11.5 Å². The van der Waals surface area contributed by atoms with E-state index in [4.69, 9.17) is 9.47 Å². The van der Waals surface area contributed by atoms with Gasteiger partial charge in [-0.15, -0.1) is 0 Å². The van der Waals surface area contributed by atoms with Gasteiger partial charge < -0.3 is 19.1 Å². The predicted octanol–water partition coefficient (Wildman–Crippen LogP) is 1.73. The van der Waals surface area contributed by atoms with E-state index in [2.05, 4.69) is 4.74 Å². The van der Waals surface area contributed by atoms with E-state index in [0.29, 0.717) is 30.0 Å². The number of carbonyl (C=O) groups excluding carboxylic acids is 2. The predicted molar refractivity (Wildman–Crippen MR) is 77.8 cm³/mol. The number of carbonyl (C=O) groups is 2. The zero-order valence-corrected chi connectivity index (χ0v) is 12.8. The maximum atomic E-state index is 12.5. The molecule has 0 radical (unpaired) electrons. The van der Waals surface area contributed by atoms with Gasteiger partial charge in [-0.3, -0.25) is 9.59 Å². The maximum absolute atomic E-state index is 12.5. The number of hydrogen-bond donors (Lipinski definition) is 0. The van der Waals surface area contributed by atoms with Gasteiger partial charge >= 0.3 is 5.97 Å². The molecule has 116 valence electrons. The highest BCUT2D eigenvalue weighted by atomic mass is 16.5. The number of ether oxygens (including phenoxy) is 3. The van der Waals surface area contributed by atoms with Crippen molar-refractivity contribution >= 4 is 11.9 Å². The molecule has 0 aliphatic carbocycles. The number of methoxy groups -OCH3 is 3. The minimum absolute atomic E-state index is 0.214. The van der Waals surface area contributed by atoms with Crippen molar-refractivity contribution < 1.29 is 23.8 Å². The van der Waals surface area contributed by atoms with Crippen LogP contribution in [0.4, 0.5) is 0 Å². The van der Waals surface area contributed by atoms with E-state index < -0.39 is 0 Å². The summed E-state index contributed by atoms with van der Waals surface area (Å²) in [5.41, 5.74) is 0.378. The average molecular weight is 295 g/mol. The summed E-state index contributed by atoms with van der Waals surface area (Å²) in [5.74, 6) is 0.415. The second kappa shape index (κ2) is 8.14. The number of rotatable bonds is 7. The number of amides is 1. The van der Waals surface area contributed by atoms with Gasteiger partial charge in [0.15, 0.2) is 0 Å². The monoisotopic (exact) mass is 295 g/mol. The van der Waals surface area contributed by atoms with Crippen molar-refractivity contribution in [3.63, 3.8) is 0 Å². The molecule has 0 aliphatic rings. The summed E-state index contributed by atoms with van der Waals surface area (Å²) in [4.78, 5) is 25.1. The molecule has 0 unspecified atom stereocenters. The van der Waals surface area contributed by atoms with E-state index in [0.717, 1.165) is 0 Å². The highest BCUT2D eigenvalue weighted by molar-refractivity contribution is 5.99. The van der Waals surface area contributed by atoms with Crippen LogP contribution in [-0.4, -0.2) is 51.7 Å². The summed E-state index contributed by atoms with van der Waals surface area (Å²) in [6.45, 7) is 0.440. The largest absolute Gasteiger partial charge is 0.496 e. The summed E-state index contributed by atoms with van der Waals surface area (Å²) in [7, 11) is 6.02. The van der Waals surface area contributed by atoms with Gasteiger partial charge in [0.2, 0.25) is 0 Å². The summed E-state index contributed by atoms with van der Waals surface area (Å²) in [6.07, 6.45) is 0.809. The molecule has 6 nitrogen and oxygen atoms in total. The molecule has 0 heterocycles. The van der Waals surface area contributed by atoms with Crippen LogP contribution in [0.1, 0.15) is 23.2 Å². The van der Waals surface area contributed by atoms with Crippen LogP contribution in [0.15, 0.2) is 18.2 Å². The Hall–Kier alpha value is -2.24. The fourth-order valence-electron chi connectivity index (χ4n) is 1.92. The van der Waals surface area contributed by atoms with Crippen molar-refractivity contribution in [2.75, 3.05) is 34.9 Å². The van der Waals surface area contributed by atoms with Crippen molar-refractivity contribution in [2.45, 2.75) is 12.8 Å². The first kappa shape index (κ1) is 16.8. The van der Waals surface area contributed by atoms with E-state index in [1.165, 1.54) is 26.2 Å². The zero-order valence-electron chi connectivity index (χ0n) is 12.8. The smallest absolute Gasteiger partial charge is 0.305 e. The van der Waals surface area contributed by atoms with Crippen LogP contribution in [0.5, 0.6) is 11.5 Å². The SMILES string of the molecule is COC(=O)CCCN(C)C(=O)c1c(OC)cccc1OC. The molecule has 1 rings (SSSR count). The van der Waals surface area contributed by atoms with E-state index in [1.54, 1.807) is 25.2 Å². The first-order valence-electron chi connectivity index (χ1n) is 6.58. The van der Waals surface area contributed by atoms with Crippen molar-refractivity contribution in [3.05, 3.63) is 23.8 Å². The van der Waals surface area contributed by atoms with Crippen LogP contribution in [-0.2, 0) is 9.53 Å². The van der Waals surface area contributed by atoms with E-state index in [1.807, 2.05) is 0 Å². The Morgan fingerprint density at radius 3 is 2.14 bits per heavy atom. The normalized spacial score (nSPS) is 9.90. The lowest BCUT2D eigenvalue weighted by atomic mass is 10.1. The molecule has 0 saturated heterocycles. The van der Waals surface area contributed by atoms with Gasteiger partial charge in [-0.2, -0.15) is 0 Å². The molecule has 0 aromatic heterocycles. The fraction of sp³-hybridized carbons (Fsp3) is 0.467. The Morgan fingerprint density at radius 2 is 1.67 bits per heavy atom. The van der Waals surface area contributed by atoms with E-state index in [-0.39, 0.29) is 18.3 Å². The quantitative estimate of drug-likeness (QED) is 0.717. The Kier molecular flexibility index (Phi) is 6.52. The lowest BCUT2D eigenvalue weighted by Crippen LogP contribution is -2.29. The first-order chi connectivity index (χ1) is 10.0. The molecule has 0 atom stereocenters. The second-order valence-electron chi connectivity index (χ2n) is 4.44. The molecule has 1 aromatic carbocycles. The molecule has 6 heteroatoms. The molecule has 0 saturated carbocycles. The number of benzene rings is 1. The molecule has 0 aliphatic heterocycles. The van der Waals surface area contributed by atoms with Gasteiger partial charge in [-0.1, -0.05) is 6.07 Å². The summed E-state index contributed by atoms with van der Waals surface area (Å²) < 4.78 is 15.0. The van der Waals surface area contributed by atoms with Crippen LogP contribution in [0.3, 0.4) is 0 Å². The minimum Gasteiger partial charge on any atom is -0.496 e. The van der Waals surface area contributed by atoms with E-state index in [9.17, 15) is 9.59 Å². The summed E-state index contributed by atoms with van der Waals surface area (Å²) in [6, 6.07) is 5.17. The Balaban J connectivity index is 2.80. The third kappa shape index (κ3) is 4.37. The van der Waals surface area contributed by atoms with Crippen molar-refractivity contribution in [1.82, 2.24) is 4.90 Å². The lowest BCUT2D eigenvalue weighted by molar-refractivity contribution is -0.140. The fourth-order valence-corrected chi connectivity index (χ4v) is 1.92. The molecular weight excluding hydrogens is 274 g/mol. The zero-order chi connectivity index (χ0) is 15.8. The van der Waals surface area contributed by atoms with Crippen LogP contribution in [0.25, 0.3) is 0 Å². The standard InChI is InChI=1S/C15H21NO5/c1-16(10-6-9-13(17)21-4)15(18)14-11(19-2)7-5-8-12(14)20-3/h5,7-8H,6,9-10H2,1-4H3. The molecule has 0 bridgehead atoms. The Labute approximate surface area is 124 Å².